The van der Waals surface area contributed by atoms with Gasteiger partial charge < -0.3 is 4.74 Å². The molecule has 0 aliphatic heterocycles. The van der Waals surface area contributed by atoms with Crippen LogP contribution in [0.15, 0.2) is 67.1 Å². The van der Waals surface area contributed by atoms with Crippen LogP contribution in [0.25, 0.3) is 11.1 Å². The Labute approximate surface area is 126 Å². The van der Waals surface area contributed by atoms with E-state index in [-0.39, 0.29) is 5.69 Å². The summed E-state index contributed by atoms with van der Waals surface area (Å²) in [6.45, 7) is 0. The molecule has 3 aromatic rings. The third-order valence-electron chi connectivity index (χ3n) is 3.02. The van der Waals surface area contributed by atoms with Crippen LogP contribution in [0.1, 0.15) is 0 Å². The molecule has 0 spiro atoms. The van der Waals surface area contributed by atoms with E-state index in [4.69, 9.17) is 4.74 Å². The van der Waals surface area contributed by atoms with Crippen LogP contribution in [0.2, 0.25) is 0 Å². The van der Waals surface area contributed by atoms with Gasteiger partial charge in [0.25, 0.3) is 5.69 Å². The largest absolute Gasteiger partial charge is 0.439 e. The van der Waals surface area contributed by atoms with Gasteiger partial charge in [-0.2, -0.15) is 0 Å². The molecule has 0 N–H and O–H groups in total. The predicted octanol–water partition coefficient (Wildman–Crippen LogP) is 3.84. The average molecular weight is 293 g/mol. The van der Waals surface area contributed by atoms with E-state index in [1.165, 1.54) is 18.3 Å². The summed E-state index contributed by atoms with van der Waals surface area (Å²) in [4.78, 5) is 17.9. The molecular formula is C16H11N3O3. The molecule has 0 aliphatic carbocycles. The molecule has 3 rings (SSSR count). The van der Waals surface area contributed by atoms with E-state index < -0.39 is 4.92 Å². The second-order valence-electron chi connectivity index (χ2n) is 4.47. The molecule has 6 nitrogen and oxygen atoms in total. The average Bonchev–Trinajstić information content (AvgIpc) is 2.57. The van der Waals surface area contributed by atoms with Crippen molar-refractivity contribution in [3.63, 3.8) is 0 Å². The van der Waals surface area contributed by atoms with Gasteiger partial charge in [0.05, 0.1) is 4.92 Å². The molecule has 1 aromatic carbocycles. The molecular weight excluding hydrogens is 282 g/mol. The van der Waals surface area contributed by atoms with Crippen LogP contribution < -0.4 is 4.74 Å². The highest BCUT2D eigenvalue weighted by molar-refractivity contribution is 5.63. The SMILES string of the molecule is O=[N+]([O-])c1ccc(Oc2ccc(-c3ccncc3)cc2)nc1. The molecule has 0 aliphatic rings. The van der Waals surface area contributed by atoms with Gasteiger partial charge >= 0.3 is 0 Å². The van der Waals surface area contributed by atoms with Crippen molar-refractivity contribution in [2.45, 2.75) is 0 Å². The maximum atomic E-state index is 10.6. The van der Waals surface area contributed by atoms with Gasteiger partial charge in [-0.3, -0.25) is 15.1 Å². The van der Waals surface area contributed by atoms with Crippen LogP contribution >= 0.6 is 0 Å². The Balaban J connectivity index is 1.75. The van der Waals surface area contributed by atoms with Gasteiger partial charge in [-0.1, -0.05) is 12.1 Å². The van der Waals surface area contributed by atoms with Gasteiger partial charge in [0.2, 0.25) is 5.88 Å². The Morgan fingerprint density at radius 3 is 2.18 bits per heavy atom. The summed E-state index contributed by atoms with van der Waals surface area (Å²) >= 11 is 0. The summed E-state index contributed by atoms with van der Waals surface area (Å²) in [5.41, 5.74) is 2.04. The number of nitrogens with zero attached hydrogens (tertiary/aromatic N) is 3. The number of aromatic nitrogens is 2. The summed E-state index contributed by atoms with van der Waals surface area (Å²) in [5, 5.41) is 10.6. The quantitative estimate of drug-likeness (QED) is 0.539. The molecule has 0 radical (unpaired) electrons. The molecule has 0 saturated heterocycles. The van der Waals surface area contributed by atoms with Crippen molar-refractivity contribution >= 4 is 5.69 Å². The molecule has 0 bridgehead atoms. The lowest BCUT2D eigenvalue weighted by molar-refractivity contribution is -0.385. The zero-order valence-electron chi connectivity index (χ0n) is 11.4. The third kappa shape index (κ3) is 3.06. The predicted molar refractivity (Wildman–Crippen MR) is 80.6 cm³/mol. The molecule has 2 aromatic heterocycles. The van der Waals surface area contributed by atoms with E-state index in [9.17, 15) is 10.1 Å². The number of benzene rings is 1. The first kappa shape index (κ1) is 13.7. The molecule has 0 fully saturated rings. The Morgan fingerprint density at radius 1 is 0.909 bits per heavy atom. The molecule has 0 atom stereocenters. The normalized spacial score (nSPS) is 10.2. The van der Waals surface area contributed by atoms with Crippen molar-refractivity contribution in [2.75, 3.05) is 0 Å². The number of nitro groups is 1. The Bertz CT molecular complexity index is 772. The lowest BCUT2D eigenvalue weighted by Gasteiger charge is -2.06. The summed E-state index contributed by atoms with van der Waals surface area (Å²) in [6, 6.07) is 14.2. The maximum Gasteiger partial charge on any atom is 0.287 e. The molecule has 0 saturated carbocycles. The second-order valence-corrected chi connectivity index (χ2v) is 4.47. The number of pyridine rings is 2. The first-order valence-electron chi connectivity index (χ1n) is 6.51. The van der Waals surface area contributed by atoms with Crippen LogP contribution in [0.5, 0.6) is 11.6 Å². The zero-order valence-corrected chi connectivity index (χ0v) is 11.4. The van der Waals surface area contributed by atoms with Gasteiger partial charge in [-0.05, 0) is 35.4 Å². The van der Waals surface area contributed by atoms with E-state index in [0.717, 1.165) is 11.1 Å². The van der Waals surface area contributed by atoms with Crippen molar-refractivity contribution in [1.29, 1.82) is 0 Å². The number of hydrogen-bond acceptors (Lipinski definition) is 5. The first-order chi connectivity index (χ1) is 10.7. The lowest BCUT2D eigenvalue weighted by atomic mass is 10.1. The van der Waals surface area contributed by atoms with Gasteiger partial charge in [0.1, 0.15) is 11.9 Å². The van der Waals surface area contributed by atoms with Gasteiger partial charge in [-0.15, -0.1) is 0 Å². The van der Waals surface area contributed by atoms with Crippen LogP contribution in [0, 0.1) is 10.1 Å². The van der Waals surface area contributed by atoms with Crippen LogP contribution in [0.4, 0.5) is 5.69 Å². The van der Waals surface area contributed by atoms with Crippen molar-refractivity contribution in [1.82, 2.24) is 9.97 Å². The number of hydrogen-bond donors (Lipinski definition) is 0. The fraction of sp³-hybridized carbons (Fsp3) is 0. The molecule has 6 heteroatoms. The van der Waals surface area contributed by atoms with Crippen molar-refractivity contribution < 1.29 is 9.66 Å². The highest BCUT2D eigenvalue weighted by atomic mass is 16.6. The van der Waals surface area contributed by atoms with Crippen LogP contribution in [-0.2, 0) is 0 Å². The minimum atomic E-state index is -0.500. The Morgan fingerprint density at radius 2 is 1.59 bits per heavy atom. The molecule has 0 amide bonds. The highest BCUT2D eigenvalue weighted by Gasteiger charge is 2.06. The Kier molecular flexibility index (Phi) is 3.74. The third-order valence-corrected chi connectivity index (χ3v) is 3.02. The van der Waals surface area contributed by atoms with Gasteiger partial charge in [0, 0.05) is 24.5 Å². The van der Waals surface area contributed by atoms with E-state index >= 15 is 0 Å². The van der Waals surface area contributed by atoms with Crippen molar-refractivity contribution in [2.24, 2.45) is 0 Å². The Hall–Kier alpha value is -3.28. The van der Waals surface area contributed by atoms with Crippen LogP contribution in [0.3, 0.4) is 0 Å². The van der Waals surface area contributed by atoms with E-state index in [1.807, 2.05) is 36.4 Å². The fourth-order valence-corrected chi connectivity index (χ4v) is 1.92. The van der Waals surface area contributed by atoms with Gasteiger partial charge in [0.15, 0.2) is 0 Å². The van der Waals surface area contributed by atoms with Gasteiger partial charge in [-0.25, -0.2) is 4.98 Å². The van der Waals surface area contributed by atoms with E-state index in [0.29, 0.717) is 11.6 Å². The summed E-state index contributed by atoms with van der Waals surface area (Å²) in [7, 11) is 0. The fourth-order valence-electron chi connectivity index (χ4n) is 1.92. The monoisotopic (exact) mass is 293 g/mol. The lowest BCUT2D eigenvalue weighted by Crippen LogP contribution is -1.91. The smallest absolute Gasteiger partial charge is 0.287 e. The van der Waals surface area contributed by atoms with Crippen molar-refractivity contribution in [3.05, 3.63) is 77.2 Å². The minimum absolute atomic E-state index is 0.0691. The summed E-state index contributed by atoms with van der Waals surface area (Å²) in [5.74, 6) is 0.918. The molecule has 0 unspecified atom stereocenters. The minimum Gasteiger partial charge on any atom is -0.439 e. The van der Waals surface area contributed by atoms with Crippen molar-refractivity contribution in [3.8, 4) is 22.8 Å². The molecule has 22 heavy (non-hydrogen) atoms. The second kappa shape index (κ2) is 6.01. The maximum absolute atomic E-state index is 10.6. The number of rotatable bonds is 4. The summed E-state index contributed by atoms with van der Waals surface area (Å²) < 4.78 is 5.56. The van der Waals surface area contributed by atoms with E-state index in [1.54, 1.807) is 12.4 Å². The molecule has 2 heterocycles. The highest BCUT2D eigenvalue weighted by Crippen LogP contribution is 2.25. The standard InChI is InChI=1S/C16H11N3O3/c20-19(21)14-3-6-16(18-11-14)22-15-4-1-12(2-5-15)13-7-9-17-10-8-13/h1-11H. The van der Waals surface area contributed by atoms with Crippen LogP contribution in [-0.4, -0.2) is 14.9 Å². The topological polar surface area (TPSA) is 78.2 Å². The zero-order chi connectivity index (χ0) is 15.4. The summed E-state index contributed by atoms with van der Waals surface area (Å²) in [6.07, 6.45) is 4.64. The first-order valence-corrected chi connectivity index (χ1v) is 6.51. The molecule has 108 valence electrons. The number of ether oxygens (including phenoxy) is 1. The van der Waals surface area contributed by atoms with E-state index in [2.05, 4.69) is 9.97 Å².